The van der Waals surface area contributed by atoms with E-state index in [1.807, 2.05) is 0 Å². The minimum Gasteiger partial charge on any atom is -0.394 e. The summed E-state index contributed by atoms with van der Waals surface area (Å²) in [5, 5.41) is 15.6. The van der Waals surface area contributed by atoms with Crippen LogP contribution in [-0.4, -0.2) is 36.2 Å². The van der Waals surface area contributed by atoms with Crippen molar-refractivity contribution in [1.82, 2.24) is 10.6 Å². The Morgan fingerprint density at radius 1 is 1.44 bits per heavy atom. The van der Waals surface area contributed by atoms with Gasteiger partial charge in [0.15, 0.2) is 0 Å². The molecule has 4 nitrogen and oxygen atoms in total. The molecule has 4 heteroatoms. The van der Waals surface area contributed by atoms with Crippen molar-refractivity contribution >= 4 is 5.91 Å². The molecular formula is C12H22N2O2. The minimum absolute atomic E-state index is 0.0698. The van der Waals surface area contributed by atoms with Crippen LogP contribution in [0.1, 0.15) is 33.1 Å². The van der Waals surface area contributed by atoms with Crippen molar-refractivity contribution < 1.29 is 9.90 Å². The first-order valence-corrected chi connectivity index (χ1v) is 6.19. The zero-order valence-electron chi connectivity index (χ0n) is 10.2. The fourth-order valence-electron chi connectivity index (χ4n) is 2.50. The number of carbonyl (C=O) groups excluding carboxylic acids is 1. The van der Waals surface area contributed by atoms with Gasteiger partial charge >= 0.3 is 0 Å². The zero-order valence-corrected chi connectivity index (χ0v) is 10.2. The Morgan fingerprint density at radius 2 is 2.12 bits per heavy atom. The second kappa shape index (κ2) is 4.00. The first kappa shape index (κ1) is 11.9. The maximum atomic E-state index is 12.4. The molecule has 3 N–H and O–H groups in total. The van der Waals surface area contributed by atoms with Gasteiger partial charge in [-0.15, -0.1) is 0 Å². The number of carbonyl (C=O) groups is 1. The maximum absolute atomic E-state index is 12.4. The van der Waals surface area contributed by atoms with Crippen molar-refractivity contribution in [2.75, 3.05) is 19.7 Å². The Labute approximate surface area is 96.8 Å². The topological polar surface area (TPSA) is 61.4 Å². The molecule has 1 aliphatic heterocycles. The van der Waals surface area contributed by atoms with Gasteiger partial charge in [-0.2, -0.15) is 0 Å². The fraction of sp³-hybridized carbons (Fsp3) is 0.917. The molecular weight excluding hydrogens is 204 g/mol. The number of aliphatic hydroxyl groups is 1. The van der Waals surface area contributed by atoms with Crippen LogP contribution >= 0.6 is 0 Å². The molecule has 0 spiro atoms. The van der Waals surface area contributed by atoms with E-state index in [-0.39, 0.29) is 23.5 Å². The lowest BCUT2D eigenvalue weighted by molar-refractivity contribution is -0.133. The summed E-state index contributed by atoms with van der Waals surface area (Å²) in [6, 6.07) is 0. The van der Waals surface area contributed by atoms with Crippen LogP contribution in [-0.2, 0) is 4.79 Å². The molecule has 1 aliphatic carbocycles. The number of nitrogens with one attached hydrogen (secondary N) is 2. The molecule has 2 rings (SSSR count). The van der Waals surface area contributed by atoms with Crippen molar-refractivity contribution in [3.63, 3.8) is 0 Å². The fourth-order valence-corrected chi connectivity index (χ4v) is 2.50. The van der Waals surface area contributed by atoms with E-state index in [9.17, 15) is 9.90 Å². The Kier molecular flexibility index (Phi) is 2.97. The van der Waals surface area contributed by atoms with E-state index < -0.39 is 0 Å². The van der Waals surface area contributed by atoms with Gasteiger partial charge in [-0.05, 0) is 31.7 Å². The highest BCUT2D eigenvalue weighted by molar-refractivity contribution is 5.84. The SMILES string of the molecule is CC(C)C1(C(=O)NC2(CO)CC2)CCNC1. The summed E-state index contributed by atoms with van der Waals surface area (Å²) >= 11 is 0. The Balaban J connectivity index is 2.06. The summed E-state index contributed by atoms with van der Waals surface area (Å²) in [5.41, 5.74) is -0.563. The molecule has 2 aliphatic rings. The van der Waals surface area contributed by atoms with Gasteiger partial charge < -0.3 is 15.7 Å². The molecule has 0 aromatic rings. The predicted molar refractivity (Wildman–Crippen MR) is 62.0 cm³/mol. The van der Waals surface area contributed by atoms with Crippen LogP contribution < -0.4 is 10.6 Å². The van der Waals surface area contributed by atoms with Gasteiger partial charge in [0, 0.05) is 6.54 Å². The van der Waals surface area contributed by atoms with Crippen molar-refractivity contribution in [2.24, 2.45) is 11.3 Å². The van der Waals surface area contributed by atoms with Gasteiger partial charge in [0.25, 0.3) is 0 Å². The summed E-state index contributed by atoms with van der Waals surface area (Å²) < 4.78 is 0. The molecule has 2 fully saturated rings. The minimum atomic E-state index is -0.290. The van der Waals surface area contributed by atoms with Crippen LogP contribution in [0.5, 0.6) is 0 Å². The third-order valence-electron chi connectivity index (χ3n) is 4.28. The lowest BCUT2D eigenvalue weighted by Gasteiger charge is -2.33. The van der Waals surface area contributed by atoms with Crippen molar-refractivity contribution in [1.29, 1.82) is 0 Å². The molecule has 16 heavy (non-hydrogen) atoms. The van der Waals surface area contributed by atoms with Gasteiger partial charge in [-0.1, -0.05) is 13.8 Å². The summed E-state index contributed by atoms with van der Waals surface area (Å²) in [5.74, 6) is 0.455. The molecule has 0 aromatic carbocycles. The van der Waals surface area contributed by atoms with Gasteiger partial charge in [0.05, 0.1) is 17.6 Å². The van der Waals surface area contributed by atoms with Crippen molar-refractivity contribution in [3.05, 3.63) is 0 Å². The molecule has 0 aromatic heterocycles. The van der Waals surface area contributed by atoms with E-state index in [1.165, 1.54) is 0 Å². The van der Waals surface area contributed by atoms with E-state index in [1.54, 1.807) is 0 Å². The zero-order chi connectivity index (χ0) is 11.8. The van der Waals surface area contributed by atoms with Crippen LogP contribution in [0.3, 0.4) is 0 Å². The first-order chi connectivity index (χ1) is 7.55. The maximum Gasteiger partial charge on any atom is 0.228 e. The van der Waals surface area contributed by atoms with E-state index >= 15 is 0 Å². The molecule has 1 saturated heterocycles. The van der Waals surface area contributed by atoms with Gasteiger partial charge in [-0.3, -0.25) is 4.79 Å². The quantitative estimate of drug-likeness (QED) is 0.644. The average molecular weight is 226 g/mol. The second-order valence-corrected chi connectivity index (χ2v) is 5.63. The van der Waals surface area contributed by atoms with E-state index in [0.29, 0.717) is 5.92 Å². The largest absolute Gasteiger partial charge is 0.394 e. The molecule has 1 amide bonds. The lowest BCUT2D eigenvalue weighted by atomic mass is 9.75. The van der Waals surface area contributed by atoms with Crippen LogP contribution in [0.4, 0.5) is 0 Å². The van der Waals surface area contributed by atoms with Crippen LogP contribution in [0.2, 0.25) is 0 Å². The third-order valence-corrected chi connectivity index (χ3v) is 4.28. The molecule has 1 heterocycles. The number of amides is 1. The van der Waals surface area contributed by atoms with Crippen LogP contribution in [0.25, 0.3) is 0 Å². The highest BCUT2D eigenvalue weighted by Crippen LogP contribution is 2.39. The standard InChI is InChI=1S/C12H22N2O2/c1-9(2)12(5-6-13-7-12)10(16)14-11(8-15)3-4-11/h9,13,15H,3-8H2,1-2H3,(H,14,16). The molecule has 1 atom stereocenters. The Hall–Kier alpha value is -0.610. The lowest BCUT2D eigenvalue weighted by Crippen LogP contribution is -2.51. The highest BCUT2D eigenvalue weighted by Gasteiger charge is 2.50. The summed E-state index contributed by atoms with van der Waals surface area (Å²) in [7, 11) is 0. The van der Waals surface area contributed by atoms with E-state index in [0.717, 1.165) is 32.4 Å². The van der Waals surface area contributed by atoms with Crippen LogP contribution in [0, 0.1) is 11.3 Å². The van der Waals surface area contributed by atoms with Crippen molar-refractivity contribution in [2.45, 2.75) is 38.6 Å². The highest BCUT2D eigenvalue weighted by atomic mass is 16.3. The van der Waals surface area contributed by atoms with Gasteiger partial charge in [-0.25, -0.2) is 0 Å². The van der Waals surface area contributed by atoms with Gasteiger partial charge in [0.2, 0.25) is 5.91 Å². The predicted octanol–water partition coefficient (Wildman–Crippen LogP) is 0.263. The molecule has 1 saturated carbocycles. The summed E-state index contributed by atoms with van der Waals surface area (Å²) in [4.78, 5) is 12.4. The first-order valence-electron chi connectivity index (χ1n) is 6.19. The van der Waals surface area contributed by atoms with E-state index in [2.05, 4.69) is 24.5 Å². The average Bonchev–Trinajstić information content (AvgIpc) is 2.83. The summed E-state index contributed by atoms with van der Waals surface area (Å²) in [6.07, 6.45) is 2.73. The normalized spacial score (nSPS) is 31.8. The van der Waals surface area contributed by atoms with E-state index in [4.69, 9.17) is 0 Å². The smallest absolute Gasteiger partial charge is 0.228 e. The third kappa shape index (κ3) is 1.84. The van der Waals surface area contributed by atoms with Gasteiger partial charge in [0.1, 0.15) is 0 Å². The monoisotopic (exact) mass is 226 g/mol. The number of hydrogen-bond acceptors (Lipinski definition) is 3. The summed E-state index contributed by atoms with van der Waals surface area (Å²) in [6.45, 7) is 5.95. The molecule has 1 unspecified atom stereocenters. The number of hydrogen-bond donors (Lipinski definition) is 3. The molecule has 0 radical (unpaired) electrons. The molecule has 0 bridgehead atoms. The van der Waals surface area contributed by atoms with Crippen molar-refractivity contribution in [3.8, 4) is 0 Å². The second-order valence-electron chi connectivity index (χ2n) is 5.63. The Morgan fingerprint density at radius 3 is 2.50 bits per heavy atom. The molecule has 92 valence electrons. The number of aliphatic hydroxyl groups excluding tert-OH is 1. The van der Waals surface area contributed by atoms with Crippen LogP contribution in [0.15, 0.2) is 0 Å². The Bertz CT molecular complexity index is 279. The number of rotatable bonds is 4.